The SMILES string of the molecule is CC(C)(CNN1CCCCC1)C(=O)O. The fourth-order valence-corrected chi connectivity index (χ4v) is 1.44. The molecule has 0 spiro atoms. The lowest BCUT2D eigenvalue weighted by molar-refractivity contribution is -0.147. The van der Waals surface area contributed by atoms with Gasteiger partial charge in [0.05, 0.1) is 5.41 Å². The molecule has 1 saturated heterocycles. The van der Waals surface area contributed by atoms with Gasteiger partial charge in [-0.2, -0.15) is 0 Å². The van der Waals surface area contributed by atoms with Gasteiger partial charge in [0, 0.05) is 19.6 Å². The Morgan fingerprint density at radius 2 is 1.93 bits per heavy atom. The molecule has 0 aliphatic carbocycles. The molecule has 0 aromatic rings. The molecule has 4 nitrogen and oxygen atoms in total. The molecule has 2 N–H and O–H groups in total. The molecule has 0 atom stereocenters. The van der Waals surface area contributed by atoms with Crippen molar-refractivity contribution in [2.75, 3.05) is 19.6 Å². The third-order valence-corrected chi connectivity index (χ3v) is 2.68. The van der Waals surface area contributed by atoms with Crippen LogP contribution < -0.4 is 5.43 Å². The van der Waals surface area contributed by atoms with Crippen LogP contribution in [0.1, 0.15) is 33.1 Å². The largest absolute Gasteiger partial charge is 0.481 e. The Morgan fingerprint density at radius 3 is 2.43 bits per heavy atom. The zero-order chi connectivity index (χ0) is 10.6. The Kier molecular flexibility index (Phi) is 3.89. The van der Waals surface area contributed by atoms with Gasteiger partial charge in [0.15, 0.2) is 0 Å². The molecule has 82 valence electrons. The van der Waals surface area contributed by atoms with Gasteiger partial charge in [-0.1, -0.05) is 6.42 Å². The van der Waals surface area contributed by atoms with E-state index in [0.717, 1.165) is 13.1 Å². The van der Waals surface area contributed by atoms with E-state index in [4.69, 9.17) is 5.11 Å². The van der Waals surface area contributed by atoms with Crippen LogP contribution in [0.15, 0.2) is 0 Å². The van der Waals surface area contributed by atoms with E-state index in [1.54, 1.807) is 13.8 Å². The van der Waals surface area contributed by atoms with E-state index in [9.17, 15) is 4.79 Å². The summed E-state index contributed by atoms with van der Waals surface area (Å²) in [7, 11) is 0. The molecule has 0 radical (unpaired) electrons. The van der Waals surface area contributed by atoms with Crippen LogP contribution in [0.3, 0.4) is 0 Å². The maximum Gasteiger partial charge on any atom is 0.310 e. The molecule has 14 heavy (non-hydrogen) atoms. The Labute approximate surface area is 85.3 Å². The van der Waals surface area contributed by atoms with Gasteiger partial charge in [-0.3, -0.25) is 10.2 Å². The number of carbonyl (C=O) groups is 1. The minimum absolute atomic E-state index is 0.502. The maximum atomic E-state index is 10.8. The molecule has 0 saturated carbocycles. The van der Waals surface area contributed by atoms with Crippen LogP contribution in [-0.2, 0) is 4.79 Å². The van der Waals surface area contributed by atoms with Crippen molar-refractivity contribution in [3.8, 4) is 0 Å². The van der Waals surface area contributed by atoms with Crippen LogP contribution in [0.5, 0.6) is 0 Å². The number of carboxylic acid groups (broad SMARTS) is 1. The first kappa shape index (κ1) is 11.5. The summed E-state index contributed by atoms with van der Waals surface area (Å²) in [6.45, 7) is 6.06. The first-order valence-corrected chi connectivity index (χ1v) is 5.24. The highest BCUT2D eigenvalue weighted by Crippen LogP contribution is 2.14. The average molecular weight is 200 g/mol. The highest BCUT2D eigenvalue weighted by atomic mass is 16.4. The quantitative estimate of drug-likeness (QED) is 0.713. The molecule has 1 fully saturated rings. The number of nitrogens with one attached hydrogen (secondary N) is 1. The first-order valence-electron chi connectivity index (χ1n) is 5.24. The van der Waals surface area contributed by atoms with Crippen LogP contribution in [0.2, 0.25) is 0 Å². The molecule has 4 heteroatoms. The van der Waals surface area contributed by atoms with Gasteiger partial charge in [0.1, 0.15) is 0 Å². The fourth-order valence-electron chi connectivity index (χ4n) is 1.44. The van der Waals surface area contributed by atoms with E-state index in [2.05, 4.69) is 10.4 Å². The molecule has 1 heterocycles. The molecule has 0 bridgehead atoms. The van der Waals surface area contributed by atoms with Crippen molar-refractivity contribution < 1.29 is 9.90 Å². The Morgan fingerprint density at radius 1 is 1.36 bits per heavy atom. The molecular weight excluding hydrogens is 180 g/mol. The Bertz CT molecular complexity index is 198. The van der Waals surface area contributed by atoms with Crippen molar-refractivity contribution in [1.82, 2.24) is 10.4 Å². The van der Waals surface area contributed by atoms with E-state index >= 15 is 0 Å². The summed E-state index contributed by atoms with van der Waals surface area (Å²) in [6, 6.07) is 0. The van der Waals surface area contributed by atoms with Gasteiger partial charge < -0.3 is 5.11 Å². The lowest BCUT2D eigenvalue weighted by Gasteiger charge is -2.30. The second-order valence-corrected chi connectivity index (χ2v) is 4.57. The first-order chi connectivity index (χ1) is 6.52. The van der Waals surface area contributed by atoms with Crippen molar-refractivity contribution >= 4 is 5.97 Å². The monoisotopic (exact) mass is 200 g/mol. The van der Waals surface area contributed by atoms with E-state index in [1.165, 1.54) is 19.3 Å². The smallest absolute Gasteiger partial charge is 0.310 e. The minimum Gasteiger partial charge on any atom is -0.481 e. The summed E-state index contributed by atoms with van der Waals surface area (Å²) in [5.74, 6) is -0.748. The van der Waals surface area contributed by atoms with Crippen LogP contribution >= 0.6 is 0 Å². The van der Waals surface area contributed by atoms with Crippen LogP contribution in [0.25, 0.3) is 0 Å². The van der Waals surface area contributed by atoms with Gasteiger partial charge in [-0.25, -0.2) is 5.01 Å². The number of nitrogens with zero attached hydrogens (tertiary/aromatic N) is 1. The molecule has 1 rings (SSSR count). The number of hydrogen-bond acceptors (Lipinski definition) is 3. The predicted molar refractivity (Wildman–Crippen MR) is 54.8 cm³/mol. The number of hydrazine groups is 1. The highest BCUT2D eigenvalue weighted by molar-refractivity contribution is 5.73. The summed E-state index contributed by atoms with van der Waals surface area (Å²) in [5.41, 5.74) is 2.51. The van der Waals surface area contributed by atoms with Crippen molar-refractivity contribution in [2.24, 2.45) is 5.41 Å². The van der Waals surface area contributed by atoms with Crippen LogP contribution in [-0.4, -0.2) is 35.7 Å². The molecule has 1 aliphatic heterocycles. The highest BCUT2D eigenvalue weighted by Gasteiger charge is 2.27. The Balaban J connectivity index is 2.28. The molecule has 0 amide bonds. The molecule has 1 aliphatic rings. The molecule has 0 aromatic heterocycles. The van der Waals surface area contributed by atoms with Gasteiger partial charge in [-0.05, 0) is 26.7 Å². The number of aliphatic carboxylic acids is 1. The molecule has 0 aromatic carbocycles. The summed E-state index contributed by atoms with van der Waals surface area (Å²) in [4.78, 5) is 10.8. The normalized spacial score (nSPS) is 19.6. The molecule has 0 unspecified atom stereocenters. The molecular formula is C10H20N2O2. The van der Waals surface area contributed by atoms with Gasteiger partial charge in [-0.15, -0.1) is 0 Å². The van der Waals surface area contributed by atoms with E-state index < -0.39 is 11.4 Å². The van der Waals surface area contributed by atoms with Crippen molar-refractivity contribution in [1.29, 1.82) is 0 Å². The van der Waals surface area contributed by atoms with Crippen molar-refractivity contribution in [3.63, 3.8) is 0 Å². The topological polar surface area (TPSA) is 52.6 Å². The van der Waals surface area contributed by atoms with Gasteiger partial charge in [0.2, 0.25) is 0 Å². The summed E-state index contributed by atoms with van der Waals surface area (Å²) < 4.78 is 0. The number of piperidine rings is 1. The second-order valence-electron chi connectivity index (χ2n) is 4.57. The summed E-state index contributed by atoms with van der Waals surface area (Å²) in [5, 5.41) is 11.0. The summed E-state index contributed by atoms with van der Waals surface area (Å²) >= 11 is 0. The van der Waals surface area contributed by atoms with Crippen molar-refractivity contribution in [2.45, 2.75) is 33.1 Å². The Hall–Kier alpha value is -0.610. The maximum absolute atomic E-state index is 10.8. The minimum atomic E-state index is -0.748. The van der Waals surface area contributed by atoms with E-state index in [0.29, 0.717) is 6.54 Å². The lowest BCUT2D eigenvalue weighted by Crippen LogP contribution is -2.47. The number of carboxylic acids is 1. The number of hydrogen-bond donors (Lipinski definition) is 2. The average Bonchev–Trinajstić information content (AvgIpc) is 2.16. The zero-order valence-corrected chi connectivity index (χ0v) is 9.05. The third-order valence-electron chi connectivity index (χ3n) is 2.68. The van der Waals surface area contributed by atoms with Gasteiger partial charge in [0.25, 0.3) is 0 Å². The fraction of sp³-hybridized carbons (Fsp3) is 0.900. The van der Waals surface area contributed by atoms with Gasteiger partial charge >= 0.3 is 5.97 Å². The van der Waals surface area contributed by atoms with E-state index in [-0.39, 0.29) is 0 Å². The standard InChI is InChI=1S/C10H20N2O2/c1-10(2,9(13)14)8-11-12-6-4-3-5-7-12/h11H,3-8H2,1-2H3,(H,13,14). The van der Waals surface area contributed by atoms with E-state index in [1.807, 2.05) is 0 Å². The summed E-state index contributed by atoms with van der Waals surface area (Å²) in [6.07, 6.45) is 3.71. The lowest BCUT2D eigenvalue weighted by atomic mass is 9.94. The number of rotatable bonds is 4. The van der Waals surface area contributed by atoms with Crippen LogP contribution in [0, 0.1) is 5.41 Å². The third kappa shape index (κ3) is 3.27. The van der Waals surface area contributed by atoms with Crippen LogP contribution in [0.4, 0.5) is 0 Å². The van der Waals surface area contributed by atoms with Crippen molar-refractivity contribution in [3.05, 3.63) is 0 Å². The zero-order valence-electron chi connectivity index (χ0n) is 9.05. The predicted octanol–water partition coefficient (Wildman–Crippen LogP) is 1.09. The second kappa shape index (κ2) is 4.75.